The van der Waals surface area contributed by atoms with Gasteiger partial charge in [-0.2, -0.15) is 12.8 Å². The molecule has 638 valence electrons. The molecule has 4 aromatic carbocycles. The molecule has 0 amide bonds. The minimum absolute atomic E-state index is 0. The van der Waals surface area contributed by atoms with Crippen LogP contribution >= 0.6 is 0 Å². The van der Waals surface area contributed by atoms with Crippen molar-refractivity contribution in [2.75, 3.05) is 0 Å². The molecule has 2 aliphatic rings. The van der Waals surface area contributed by atoms with Crippen LogP contribution in [0.5, 0.6) is 0 Å². The zero-order chi connectivity index (χ0) is 79.4. The van der Waals surface area contributed by atoms with E-state index in [9.17, 15) is 11.1 Å². The zero-order valence-corrected chi connectivity index (χ0v) is 77.8. The second-order valence-corrected chi connectivity index (χ2v) is 33.3. The zero-order valence-electron chi connectivity index (χ0n) is 74.7. The van der Waals surface area contributed by atoms with E-state index in [1.54, 1.807) is 4.70 Å². The van der Waals surface area contributed by atoms with E-state index < -0.39 is 0 Å². The van der Waals surface area contributed by atoms with Gasteiger partial charge in [0.25, 0.3) is 0 Å². The van der Waals surface area contributed by atoms with Crippen molar-refractivity contribution in [3.8, 4) is 0 Å². The van der Waals surface area contributed by atoms with Crippen LogP contribution in [-0.2, 0) is 66.5 Å². The van der Waals surface area contributed by atoms with Crippen molar-refractivity contribution in [2.24, 2.45) is 0 Å². The molecular weight excluding hydrogens is 1540 g/mol. The number of rotatable bonds is 65. The average Bonchev–Trinajstić information content (AvgIpc) is 1.62. The van der Waals surface area contributed by atoms with E-state index in [4.69, 9.17) is 0 Å². The summed E-state index contributed by atoms with van der Waals surface area (Å²) in [7, 11) is 0. The van der Waals surface area contributed by atoms with Gasteiger partial charge in [0.1, 0.15) is 0 Å². The molecule has 4 aromatic rings. The smallest absolute Gasteiger partial charge is 0.493 e. The summed E-state index contributed by atoms with van der Waals surface area (Å²) in [5.41, 5.74) is 40.7. The molecule has 0 aromatic heterocycles. The predicted molar refractivity (Wildman–Crippen MR) is 491 cm³/mol. The number of benzene rings is 4. The summed E-state index contributed by atoms with van der Waals surface area (Å²) in [4.78, 5) is 0. The molecule has 0 fully saturated rings. The van der Waals surface area contributed by atoms with Crippen molar-refractivity contribution in [1.29, 1.82) is 0 Å². The Bertz CT molecular complexity index is 2930. The Morgan fingerprint density at radius 2 is 0.455 bits per heavy atom. The molecular formula is C106H174N4Pd2. The molecule has 0 atom stereocenters. The number of unbranched alkanes of at least 4 members (excludes halogenated alkanes) is 48. The Labute approximate surface area is 723 Å². The summed E-state index contributed by atoms with van der Waals surface area (Å²) in [6.45, 7) is 28.1. The van der Waals surface area contributed by atoms with E-state index >= 15 is 0 Å². The third-order valence-electron chi connectivity index (χ3n) is 23.3. The standard InChI is InChI=1S/C48H76N2.C28H36N2.2C15H31.2Pd/c1-5-9-12-13-14-15-16-17-18-19-20-21-22-23-24-25-26-29-32-46-45(8-4)47(43-37-33-41(34-38-43)30-27-10-6-2)50(49)48(46)44-39-35-42(36-40-44)31-28-11-7-3;1-4-7-10-22-13-17-24(18-14-22)27-21-26(12-9-6-3)28(30(27)29)25-19-15-23(16-20-25)11-8-5-2;2*1-3-5-7-9-11-13-15-14-12-10-8-6-4-2;;/h33-40H,5-32H2,1-4H3;13-21H,4-12H2,1-3H3;2*1,3-15H2,2H3;;/q;;2*-1;;+2. The van der Waals surface area contributed by atoms with Crippen molar-refractivity contribution in [2.45, 2.75) is 467 Å². The Hall–Kier alpha value is -3.64. The van der Waals surface area contributed by atoms with Gasteiger partial charge in [0, 0.05) is 65.5 Å². The van der Waals surface area contributed by atoms with E-state index in [2.05, 4.69) is 179 Å². The topological polar surface area (TPSA) is 50.6 Å². The summed E-state index contributed by atoms with van der Waals surface area (Å²) in [5, 5.41) is 0. The average molecular weight is 1720 g/mol. The first-order chi connectivity index (χ1) is 54.1. The largest absolute Gasteiger partial charge is 2.00 e. The third kappa shape index (κ3) is 48.3. The number of hydrogen-bond donors (Lipinski definition) is 0. The first-order valence-electron chi connectivity index (χ1n) is 48.0. The summed E-state index contributed by atoms with van der Waals surface area (Å²) in [5.74, 6) is 0. The van der Waals surface area contributed by atoms with Gasteiger partial charge < -0.3 is 24.9 Å². The minimum Gasteiger partial charge on any atom is -0.493 e. The van der Waals surface area contributed by atoms with Gasteiger partial charge in [-0.05, 0) is 154 Å². The quantitative estimate of drug-likeness (QED) is 0.0183. The van der Waals surface area contributed by atoms with E-state index in [0.29, 0.717) is 0 Å². The molecule has 0 radical (unpaired) electrons. The normalized spacial score (nSPS) is 12.5. The number of allylic oxidation sites excluding steroid dienone is 4. The van der Waals surface area contributed by atoms with Crippen LogP contribution in [-0.4, -0.2) is 9.39 Å². The van der Waals surface area contributed by atoms with Gasteiger partial charge in [-0.15, -0.1) is 0 Å². The Kier molecular flexibility index (Phi) is 71.1. The van der Waals surface area contributed by atoms with Crippen LogP contribution in [0.15, 0.2) is 120 Å². The molecule has 6 rings (SSSR count). The second kappa shape index (κ2) is 74.9. The van der Waals surface area contributed by atoms with Gasteiger partial charge in [-0.1, -0.05) is 419 Å². The van der Waals surface area contributed by atoms with Gasteiger partial charge in [0.05, 0.1) is 0 Å². The fourth-order valence-electron chi connectivity index (χ4n) is 16.0. The summed E-state index contributed by atoms with van der Waals surface area (Å²) in [6, 6.07) is 35.6. The second-order valence-electron chi connectivity index (χ2n) is 33.3. The molecule has 6 heteroatoms. The van der Waals surface area contributed by atoms with Crippen LogP contribution < -0.4 is 0 Å². The monoisotopic (exact) mass is 1720 g/mol. The van der Waals surface area contributed by atoms with Gasteiger partial charge in [0.15, 0.2) is 0 Å². The molecule has 0 saturated heterocycles. The van der Waals surface area contributed by atoms with E-state index in [1.807, 2.05) is 0 Å². The van der Waals surface area contributed by atoms with Gasteiger partial charge >= 0.3 is 20.4 Å². The molecule has 0 aliphatic carbocycles. The van der Waals surface area contributed by atoms with Crippen molar-refractivity contribution in [3.63, 3.8) is 0 Å². The molecule has 4 nitrogen and oxygen atoms in total. The predicted octanol–water partition coefficient (Wildman–Crippen LogP) is 36.3. The van der Waals surface area contributed by atoms with Gasteiger partial charge in [0.2, 0.25) is 22.8 Å². The van der Waals surface area contributed by atoms with Crippen molar-refractivity contribution in [3.05, 3.63) is 189 Å². The van der Waals surface area contributed by atoms with Crippen molar-refractivity contribution in [1.82, 2.24) is 0 Å². The van der Waals surface area contributed by atoms with Crippen molar-refractivity contribution < 1.29 is 50.2 Å². The van der Waals surface area contributed by atoms with E-state index in [0.717, 1.165) is 116 Å². The molecule has 0 unspecified atom stereocenters. The minimum atomic E-state index is 0. The molecule has 0 N–H and O–H groups in total. The number of nitrogens with zero attached hydrogens (tertiary/aromatic N) is 4. The molecule has 112 heavy (non-hydrogen) atoms. The Balaban J connectivity index is 0.000000850. The Morgan fingerprint density at radius 3 is 0.741 bits per heavy atom. The summed E-state index contributed by atoms with van der Waals surface area (Å²) in [6.07, 6.45) is 86.2. The molecule has 2 aliphatic heterocycles. The first-order valence-corrected chi connectivity index (χ1v) is 48.0. The van der Waals surface area contributed by atoms with E-state index in [1.165, 1.54) is 378 Å². The molecule has 0 saturated carbocycles. The maximum absolute atomic E-state index is 11.9. The van der Waals surface area contributed by atoms with Crippen LogP contribution in [0.1, 0.15) is 486 Å². The summed E-state index contributed by atoms with van der Waals surface area (Å²) >= 11 is 0. The fourth-order valence-corrected chi connectivity index (χ4v) is 16.0. The molecule has 0 spiro atoms. The van der Waals surface area contributed by atoms with Gasteiger partial charge in [-0.25, -0.2) is 9.39 Å². The van der Waals surface area contributed by atoms with Crippen LogP contribution in [0, 0.1) is 13.8 Å². The maximum atomic E-state index is 11.9. The maximum Gasteiger partial charge on any atom is 2.00 e. The van der Waals surface area contributed by atoms with Crippen LogP contribution in [0.2, 0.25) is 0 Å². The van der Waals surface area contributed by atoms with Crippen LogP contribution in [0.25, 0.3) is 33.9 Å². The van der Waals surface area contributed by atoms with Crippen LogP contribution in [0.4, 0.5) is 0 Å². The van der Waals surface area contributed by atoms with Gasteiger partial charge in [-0.3, -0.25) is 0 Å². The molecule has 2 heterocycles. The number of hydrogen-bond acceptors (Lipinski definition) is 0. The third-order valence-corrected chi connectivity index (χ3v) is 23.3. The summed E-state index contributed by atoms with van der Waals surface area (Å²) < 4.78 is 2.95. The van der Waals surface area contributed by atoms with Crippen LogP contribution in [0.3, 0.4) is 0 Å². The van der Waals surface area contributed by atoms with E-state index in [-0.39, 0.29) is 40.8 Å². The van der Waals surface area contributed by atoms with Crippen molar-refractivity contribution >= 4 is 22.8 Å². The fraction of sp³-hybridized carbons (Fsp3) is 0.679. The Morgan fingerprint density at radius 1 is 0.232 bits per heavy atom. The number of aryl methyl sites for hydroxylation is 4. The molecule has 0 bridgehead atoms. The SMILES string of the molecule is CCCCC1=C(c2ccc(CCCC)cc2)[N+](=[N-])C(c2ccc(CCCC)cc2)=C1.CCCCCCCCCCCCCCCCCCCCC1=C(c2ccc(CCCCC)cc2)[N+](=[N-])C(c2ccc(CCCCC)cc2)=C1CC.[CH2-]CCCCCCCCCCCCCC.[CH2-]CCCCCCCCCCCCCC.[Pd+2].[Pd]. The first kappa shape index (κ1) is 106.